The van der Waals surface area contributed by atoms with Crippen molar-refractivity contribution < 1.29 is 5.11 Å². The van der Waals surface area contributed by atoms with E-state index in [1.165, 1.54) is 22.8 Å². The third-order valence-electron chi connectivity index (χ3n) is 5.50. The van der Waals surface area contributed by atoms with Gasteiger partial charge in [0.15, 0.2) is 0 Å². The highest BCUT2D eigenvalue weighted by Gasteiger charge is 2.39. The van der Waals surface area contributed by atoms with Gasteiger partial charge in [-0.3, -0.25) is 0 Å². The van der Waals surface area contributed by atoms with Gasteiger partial charge in [-0.25, -0.2) is 0 Å². The molecule has 0 radical (unpaired) electrons. The van der Waals surface area contributed by atoms with Gasteiger partial charge in [0, 0.05) is 0 Å². The van der Waals surface area contributed by atoms with Gasteiger partial charge in [0.25, 0.3) is 0 Å². The van der Waals surface area contributed by atoms with Crippen molar-refractivity contribution in [2.45, 2.75) is 51.6 Å². The van der Waals surface area contributed by atoms with Crippen LogP contribution >= 0.6 is 0 Å². The van der Waals surface area contributed by atoms with Gasteiger partial charge in [0.05, 0.1) is 6.10 Å². The molecular weight excluding hydrogens is 256 g/mol. The van der Waals surface area contributed by atoms with E-state index in [0.717, 1.165) is 12.8 Å². The van der Waals surface area contributed by atoms with Crippen molar-refractivity contribution in [2.24, 2.45) is 11.8 Å². The summed E-state index contributed by atoms with van der Waals surface area (Å²) in [4.78, 5) is 0. The Hall–Kier alpha value is -1.34. The fourth-order valence-electron chi connectivity index (χ4n) is 4.00. The summed E-state index contributed by atoms with van der Waals surface area (Å²) >= 11 is 0. The highest BCUT2D eigenvalue weighted by molar-refractivity contribution is 5.83. The first-order chi connectivity index (χ1) is 9.98. The van der Waals surface area contributed by atoms with Gasteiger partial charge < -0.3 is 5.11 Å². The molecule has 0 aliphatic heterocycles. The summed E-state index contributed by atoms with van der Waals surface area (Å²) < 4.78 is 0. The Morgan fingerprint density at radius 1 is 1.00 bits per heavy atom. The third kappa shape index (κ3) is 2.72. The molecule has 1 aliphatic rings. The standard InChI is InChI=1S/C20H26O/c1-14-8-11-18(19(21)12-14)20(2,3)17-10-9-15-6-4-5-7-16(15)13-17/h4-7,9-10,13-14,18-19,21H,8,11-12H2,1-3H3. The maximum atomic E-state index is 10.5. The number of rotatable bonds is 2. The van der Waals surface area contributed by atoms with E-state index in [4.69, 9.17) is 0 Å². The molecule has 3 rings (SSSR count). The quantitative estimate of drug-likeness (QED) is 0.829. The molecule has 2 aromatic carbocycles. The van der Waals surface area contributed by atoms with Crippen molar-refractivity contribution in [2.75, 3.05) is 0 Å². The van der Waals surface area contributed by atoms with Crippen LogP contribution in [0, 0.1) is 11.8 Å². The predicted octanol–water partition coefficient (Wildman–Crippen LogP) is 4.91. The topological polar surface area (TPSA) is 20.2 Å². The molecule has 1 N–H and O–H groups in total. The van der Waals surface area contributed by atoms with Crippen LogP contribution in [0.3, 0.4) is 0 Å². The molecule has 3 atom stereocenters. The second kappa shape index (κ2) is 5.46. The van der Waals surface area contributed by atoms with Gasteiger partial charge >= 0.3 is 0 Å². The van der Waals surface area contributed by atoms with Crippen molar-refractivity contribution in [3.05, 3.63) is 48.0 Å². The normalized spacial score (nSPS) is 27.0. The molecule has 3 unspecified atom stereocenters. The zero-order valence-corrected chi connectivity index (χ0v) is 13.3. The molecule has 1 aliphatic carbocycles. The summed E-state index contributed by atoms with van der Waals surface area (Å²) in [5, 5.41) is 13.1. The SMILES string of the molecule is CC1CCC(C(C)(C)c2ccc3ccccc3c2)C(O)C1. The monoisotopic (exact) mass is 282 g/mol. The fourth-order valence-corrected chi connectivity index (χ4v) is 4.00. The summed E-state index contributed by atoms with van der Waals surface area (Å²) in [6, 6.07) is 15.3. The zero-order valence-electron chi connectivity index (χ0n) is 13.3. The van der Waals surface area contributed by atoms with Gasteiger partial charge in [-0.15, -0.1) is 0 Å². The first kappa shape index (κ1) is 14.6. The Morgan fingerprint density at radius 2 is 1.71 bits per heavy atom. The smallest absolute Gasteiger partial charge is 0.0579 e. The fraction of sp³-hybridized carbons (Fsp3) is 0.500. The van der Waals surface area contributed by atoms with E-state index in [9.17, 15) is 5.11 Å². The molecule has 1 fully saturated rings. The average molecular weight is 282 g/mol. The summed E-state index contributed by atoms with van der Waals surface area (Å²) in [6.45, 7) is 6.84. The Bertz CT molecular complexity index is 629. The van der Waals surface area contributed by atoms with Gasteiger partial charge in [-0.05, 0) is 46.4 Å². The Morgan fingerprint density at radius 3 is 2.43 bits per heavy atom. The first-order valence-electron chi connectivity index (χ1n) is 8.16. The lowest BCUT2D eigenvalue weighted by atomic mass is 9.64. The summed E-state index contributed by atoms with van der Waals surface area (Å²) in [5.41, 5.74) is 1.36. The van der Waals surface area contributed by atoms with Crippen LogP contribution in [0.4, 0.5) is 0 Å². The molecule has 2 aromatic rings. The van der Waals surface area contributed by atoms with E-state index in [1.807, 2.05) is 0 Å². The number of fused-ring (bicyclic) bond motifs is 1. The summed E-state index contributed by atoms with van der Waals surface area (Å²) in [5.74, 6) is 1.01. The Kier molecular flexibility index (Phi) is 3.79. The molecular formula is C20H26O. The Balaban J connectivity index is 1.95. The number of hydrogen-bond donors (Lipinski definition) is 1. The van der Waals surface area contributed by atoms with Crippen LogP contribution in [-0.2, 0) is 5.41 Å². The first-order valence-corrected chi connectivity index (χ1v) is 8.16. The van der Waals surface area contributed by atoms with Gasteiger partial charge in [-0.2, -0.15) is 0 Å². The molecule has 0 heterocycles. The molecule has 112 valence electrons. The van der Waals surface area contributed by atoms with E-state index in [2.05, 4.69) is 63.2 Å². The maximum absolute atomic E-state index is 10.5. The maximum Gasteiger partial charge on any atom is 0.0579 e. The van der Waals surface area contributed by atoms with Crippen LogP contribution in [0.25, 0.3) is 10.8 Å². The molecule has 1 heteroatoms. The predicted molar refractivity (Wildman–Crippen MR) is 89.5 cm³/mol. The summed E-state index contributed by atoms with van der Waals surface area (Å²) in [6.07, 6.45) is 3.14. The van der Waals surface area contributed by atoms with Crippen molar-refractivity contribution >= 4 is 10.8 Å². The lowest BCUT2D eigenvalue weighted by Gasteiger charge is -2.42. The lowest BCUT2D eigenvalue weighted by Crippen LogP contribution is -2.41. The second-order valence-electron chi connectivity index (χ2n) is 7.38. The van der Waals surface area contributed by atoms with E-state index in [1.54, 1.807) is 0 Å². The van der Waals surface area contributed by atoms with Gasteiger partial charge in [0.1, 0.15) is 0 Å². The van der Waals surface area contributed by atoms with Crippen LogP contribution in [0.2, 0.25) is 0 Å². The minimum atomic E-state index is -0.171. The summed E-state index contributed by atoms with van der Waals surface area (Å²) in [7, 11) is 0. The molecule has 1 saturated carbocycles. The van der Waals surface area contributed by atoms with Crippen molar-refractivity contribution in [1.29, 1.82) is 0 Å². The van der Waals surface area contributed by atoms with Crippen LogP contribution in [-0.4, -0.2) is 11.2 Å². The molecule has 21 heavy (non-hydrogen) atoms. The third-order valence-corrected chi connectivity index (χ3v) is 5.50. The van der Waals surface area contributed by atoms with Crippen LogP contribution < -0.4 is 0 Å². The van der Waals surface area contributed by atoms with E-state index >= 15 is 0 Å². The number of aliphatic hydroxyl groups excluding tert-OH is 1. The van der Waals surface area contributed by atoms with E-state index < -0.39 is 0 Å². The van der Waals surface area contributed by atoms with Crippen LogP contribution in [0.15, 0.2) is 42.5 Å². The van der Waals surface area contributed by atoms with E-state index in [0.29, 0.717) is 11.8 Å². The molecule has 0 aromatic heterocycles. The highest BCUT2D eigenvalue weighted by Crippen LogP contribution is 2.42. The second-order valence-corrected chi connectivity index (χ2v) is 7.38. The molecule has 0 spiro atoms. The van der Waals surface area contributed by atoms with Crippen LogP contribution in [0.5, 0.6) is 0 Å². The van der Waals surface area contributed by atoms with Crippen molar-refractivity contribution in [3.63, 3.8) is 0 Å². The number of aliphatic hydroxyl groups is 1. The van der Waals surface area contributed by atoms with Gasteiger partial charge in [-0.1, -0.05) is 69.7 Å². The molecule has 1 nitrogen and oxygen atoms in total. The van der Waals surface area contributed by atoms with Gasteiger partial charge in [0.2, 0.25) is 0 Å². The average Bonchev–Trinajstić information content (AvgIpc) is 2.46. The largest absolute Gasteiger partial charge is 0.393 e. The molecule has 0 bridgehead atoms. The molecule has 0 amide bonds. The Labute approximate surface area is 128 Å². The zero-order chi connectivity index (χ0) is 15.0. The highest BCUT2D eigenvalue weighted by atomic mass is 16.3. The minimum Gasteiger partial charge on any atom is -0.393 e. The van der Waals surface area contributed by atoms with Crippen molar-refractivity contribution in [3.8, 4) is 0 Å². The number of hydrogen-bond acceptors (Lipinski definition) is 1. The minimum absolute atomic E-state index is 0.0174. The van der Waals surface area contributed by atoms with Crippen molar-refractivity contribution in [1.82, 2.24) is 0 Å². The molecule has 0 saturated heterocycles. The van der Waals surface area contributed by atoms with E-state index in [-0.39, 0.29) is 11.5 Å². The number of benzene rings is 2. The lowest BCUT2D eigenvalue weighted by molar-refractivity contribution is 0.0144. The van der Waals surface area contributed by atoms with Crippen LogP contribution in [0.1, 0.15) is 45.6 Å².